The third kappa shape index (κ3) is 5.59. The maximum atomic E-state index is 12.0. The van der Waals surface area contributed by atoms with E-state index >= 15 is 0 Å². The summed E-state index contributed by atoms with van der Waals surface area (Å²) in [5.74, 6) is 0. The number of aryl methyl sites for hydroxylation is 1. The Bertz CT molecular complexity index is 471. The van der Waals surface area contributed by atoms with Crippen LogP contribution in [0, 0.1) is 6.92 Å². The van der Waals surface area contributed by atoms with Crippen molar-refractivity contribution in [1.29, 1.82) is 0 Å². The smallest absolute Gasteiger partial charge is 0.301 e. The van der Waals surface area contributed by atoms with Gasteiger partial charge in [-0.25, -0.2) is 0 Å². The molecule has 0 heterocycles. The Balaban J connectivity index is 2.52. The quantitative estimate of drug-likeness (QED) is 0.713. The fourth-order valence-electron chi connectivity index (χ4n) is 1.57. The minimum atomic E-state index is -3.46. The Hall–Kier alpha value is -1.11. The molecule has 0 aliphatic rings. The highest BCUT2D eigenvalue weighted by atomic mass is 32.2. The van der Waals surface area contributed by atoms with Crippen LogP contribution in [-0.2, 0) is 10.2 Å². The summed E-state index contributed by atoms with van der Waals surface area (Å²) in [5, 5.41) is 3.17. The van der Waals surface area contributed by atoms with Gasteiger partial charge in [-0.05, 0) is 38.6 Å². The molecule has 0 spiro atoms. The van der Waals surface area contributed by atoms with Gasteiger partial charge in [0.2, 0.25) is 0 Å². The Kier molecular flexibility index (Phi) is 6.27. The van der Waals surface area contributed by atoms with Crippen LogP contribution in [0.2, 0.25) is 0 Å². The zero-order valence-corrected chi connectivity index (χ0v) is 12.6. The van der Waals surface area contributed by atoms with E-state index in [1.807, 2.05) is 26.0 Å². The average Bonchev–Trinajstić information content (AvgIpc) is 2.37. The number of benzene rings is 1. The van der Waals surface area contributed by atoms with Crippen LogP contribution in [0.1, 0.15) is 18.9 Å². The predicted molar refractivity (Wildman–Crippen MR) is 79.5 cm³/mol. The zero-order valence-electron chi connectivity index (χ0n) is 11.8. The molecule has 0 radical (unpaired) electrons. The molecule has 0 aliphatic carbocycles. The first kappa shape index (κ1) is 15.9. The molecular weight excluding hydrogens is 262 g/mol. The molecule has 19 heavy (non-hydrogen) atoms. The molecule has 0 aliphatic heterocycles. The van der Waals surface area contributed by atoms with Gasteiger partial charge < -0.3 is 5.32 Å². The summed E-state index contributed by atoms with van der Waals surface area (Å²) in [5.41, 5.74) is 1.69. The van der Waals surface area contributed by atoms with Crippen molar-refractivity contribution in [3.63, 3.8) is 0 Å². The molecule has 0 saturated carbocycles. The van der Waals surface area contributed by atoms with Crippen LogP contribution in [-0.4, -0.2) is 39.4 Å². The van der Waals surface area contributed by atoms with E-state index in [-0.39, 0.29) is 0 Å². The van der Waals surface area contributed by atoms with Crippen LogP contribution in [0.5, 0.6) is 0 Å². The van der Waals surface area contributed by atoms with E-state index in [0.29, 0.717) is 12.2 Å². The van der Waals surface area contributed by atoms with Crippen LogP contribution < -0.4 is 10.0 Å². The summed E-state index contributed by atoms with van der Waals surface area (Å²) in [4.78, 5) is 0. The van der Waals surface area contributed by atoms with Gasteiger partial charge in [-0.2, -0.15) is 12.7 Å². The highest BCUT2D eigenvalue weighted by Crippen LogP contribution is 2.12. The van der Waals surface area contributed by atoms with Crippen molar-refractivity contribution in [3.8, 4) is 0 Å². The van der Waals surface area contributed by atoms with Gasteiger partial charge in [0.25, 0.3) is 0 Å². The number of hydrogen-bond donors (Lipinski definition) is 2. The number of nitrogens with zero attached hydrogens (tertiary/aromatic N) is 1. The summed E-state index contributed by atoms with van der Waals surface area (Å²) < 4.78 is 28.0. The van der Waals surface area contributed by atoms with Gasteiger partial charge in [-0.1, -0.05) is 24.6 Å². The Morgan fingerprint density at radius 3 is 2.42 bits per heavy atom. The molecule has 5 nitrogen and oxygen atoms in total. The molecule has 0 unspecified atom stereocenters. The molecular formula is C13H23N3O2S. The fraction of sp³-hybridized carbons (Fsp3) is 0.538. The summed E-state index contributed by atoms with van der Waals surface area (Å²) in [7, 11) is -1.87. The van der Waals surface area contributed by atoms with Crippen molar-refractivity contribution in [2.24, 2.45) is 0 Å². The van der Waals surface area contributed by atoms with Crippen LogP contribution in [0.3, 0.4) is 0 Å². The predicted octanol–water partition coefficient (Wildman–Crippen LogP) is 1.58. The van der Waals surface area contributed by atoms with Gasteiger partial charge in [-0.3, -0.25) is 4.72 Å². The number of nitrogens with one attached hydrogen (secondary N) is 2. The summed E-state index contributed by atoms with van der Waals surface area (Å²) >= 11 is 0. The van der Waals surface area contributed by atoms with Crippen molar-refractivity contribution in [2.45, 2.75) is 20.3 Å². The molecule has 0 saturated heterocycles. The minimum Gasteiger partial charge on any atom is -0.317 e. The van der Waals surface area contributed by atoms with E-state index in [9.17, 15) is 8.42 Å². The SMILES string of the molecule is CCNCCCN(C)S(=O)(=O)Nc1ccc(C)cc1. The van der Waals surface area contributed by atoms with Crippen LogP contribution in [0.4, 0.5) is 5.69 Å². The lowest BCUT2D eigenvalue weighted by molar-refractivity contribution is 0.459. The molecule has 108 valence electrons. The molecule has 0 bridgehead atoms. The third-order valence-corrected chi connectivity index (χ3v) is 4.28. The van der Waals surface area contributed by atoms with Crippen molar-refractivity contribution in [3.05, 3.63) is 29.8 Å². The molecule has 1 aromatic carbocycles. The van der Waals surface area contributed by atoms with E-state index in [4.69, 9.17) is 0 Å². The Morgan fingerprint density at radius 1 is 1.21 bits per heavy atom. The number of anilines is 1. The van der Waals surface area contributed by atoms with Crippen LogP contribution >= 0.6 is 0 Å². The largest absolute Gasteiger partial charge is 0.317 e. The zero-order chi connectivity index (χ0) is 14.3. The number of rotatable bonds is 8. The summed E-state index contributed by atoms with van der Waals surface area (Å²) in [6, 6.07) is 7.28. The highest BCUT2D eigenvalue weighted by molar-refractivity contribution is 7.90. The van der Waals surface area contributed by atoms with Gasteiger partial charge in [0.05, 0.1) is 0 Å². The van der Waals surface area contributed by atoms with Gasteiger partial charge in [0.15, 0.2) is 0 Å². The lowest BCUT2D eigenvalue weighted by Crippen LogP contribution is -2.34. The number of hydrogen-bond acceptors (Lipinski definition) is 3. The average molecular weight is 285 g/mol. The van der Waals surface area contributed by atoms with E-state index in [0.717, 1.165) is 25.1 Å². The van der Waals surface area contributed by atoms with E-state index in [1.165, 1.54) is 4.31 Å². The molecule has 2 N–H and O–H groups in total. The summed E-state index contributed by atoms with van der Waals surface area (Å²) in [6.07, 6.45) is 0.791. The van der Waals surface area contributed by atoms with Gasteiger partial charge in [-0.15, -0.1) is 0 Å². The molecule has 0 atom stereocenters. The third-order valence-electron chi connectivity index (χ3n) is 2.79. The van der Waals surface area contributed by atoms with Crippen LogP contribution in [0.15, 0.2) is 24.3 Å². The molecule has 0 amide bonds. The second kappa shape index (κ2) is 7.47. The Morgan fingerprint density at radius 2 is 1.84 bits per heavy atom. The van der Waals surface area contributed by atoms with Crippen molar-refractivity contribution in [1.82, 2.24) is 9.62 Å². The lowest BCUT2D eigenvalue weighted by atomic mass is 10.2. The molecule has 1 aromatic rings. The minimum absolute atomic E-state index is 0.494. The molecule has 1 rings (SSSR count). The van der Waals surface area contributed by atoms with Crippen molar-refractivity contribution < 1.29 is 8.42 Å². The fourth-order valence-corrected chi connectivity index (χ4v) is 2.53. The first-order chi connectivity index (χ1) is 8.95. The monoisotopic (exact) mass is 285 g/mol. The lowest BCUT2D eigenvalue weighted by Gasteiger charge is -2.18. The molecule has 6 heteroatoms. The standard InChI is InChI=1S/C13H23N3O2S/c1-4-14-10-5-11-16(3)19(17,18)15-13-8-6-12(2)7-9-13/h6-9,14-15H,4-5,10-11H2,1-3H3. The summed E-state index contributed by atoms with van der Waals surface area (Å²) in [6.45, 7) is 6.21. The maximum absolute atomic E-state index is 12.0. The van der Waals surface area contributed by atoms with Gasteiger partial charge in [0.1, 0.15) is 0 Å². The van der Waals surface area contributed by atoms with Crippen LogP contribution in [0.25, 0.3) is 0 Å². The van der Waals surface area contributed by atoms with E-state index in [1.54, 1.807) is 19.2 Å². The van der Waals surface area contributed by atoms with E-state index in [2.05, 4.69) is 10.0 Å². The van der Waals surface area contributed by atoms with Gasteiger partial charge in [0, 0.05) is 19.3 Å². The van der Waals surface area contributed by atoms with E-state index < -0.39 is 10.2 Å². The van der Waals surface area contributed by atoms with Gasteiger partial charge >= 0.3 is 10.2 Å². The van der Waals surface area contributed by atoms with Crippen molar-refractivity contribution >= 4 is 15.9 Å². The molecule has 0 fully saturated rings. The highest BCUT2D eigenvalue weighted by Gasteiger charge is 2.16. The Labute approximate surface area is 116 Å². The second-order valence-corrected chi connectivity index (χ2v) is 6.28. The topological polar surface area (TPSA) is 61.4 Å². The first-order valence-electron chi connectivity index (χ1n) is 6.47. The van der Waals surface area contributed by atoms with Crippen molar-refractivity contribution in [2.75, 3.05) is 31.4 Å². The second-order valence-electron chi connectivity index (χ2n) is 4.50. The molecule has 0 aromatic heterocycles. The normalized spacial score (nSPS) is 11.8. The first-order valence-corrected chi connectivity index (χ1v) is 7.91. The maximum Gasteiger partial charge on any atom is 0.301 e.